The van der Waals surface area contributed by atoms with Gasteiger partial charge in [-0.1, -0.05) is 6.07 Å². The molecular weight excluding hydrogens is 392 g/mol. The van der Waals surface area contributed by atoms with Crippen LogP contribution in [0.4, 0.5) is 5.69 Å². The molecule has 0 fully saturated rings. The van der Waals surface area contributed by atoms with Gasteiger partial charge in [0, 0.05) is 25.2 Å². The predicted molar refractivity (Wildman–Crippen MR) is 112 cm³/mol. The molecule has 2 aromatic rings. The van der Waals surface area contributed by atoms with Gasteiger partial charge in [0.2, 0.25) is 10.0 Å². The van der Waals surface area contributed by atoms with Crippen molar-refractivity contribution < 1.29 is 22.7 Å². The Balaban J connectivity index is 1.80. The third-order valence-electron chi connectivity index (χ3n) is 5.05. The highest BCUT2D eigenvalue weighted by molar-refractivity contribution is 7.92. The topological polar surface area (TPSA) is 76.2 Å². The van der Waals surface area contributed by atoms with Crippen LogP contribution in [0.3, 0.4) is 0 Å². The number of rotatable bonds is 6. The molecule has 2 aromatic carbocycles. The first kappa shape index (κ1) is 21.0. The van der Waals surface area contributed by atoms with Crippen molar-refractivity contribution in [1.29, 1.82) is 0 Å². The van der Waals surface area contributed by atoms with Gasteiger partial charge in [-0.15, -0.1) is 0 Å². The van der Waals surface area contributed by atoms with Crippen molar-refractivity contribution in [2.45, 2.75) is 25.9 Å². The Morgan fingerprint density at radius 3 is 2.45 bits per heavy atom. The average molecular weight is 419 g/mol. The van der Waals surface area contributed by atoms with Crippen molar-refractivity contribution in [3.8, 4) is 11.5 Å². The molecular formula is C21H26N2O5S. The van der Waals surface area contributed by atoms with Gasteiger partial charge in [0.15, 0.2) is 11.5 Å². The van der Waals surface area contributed by atoms with Crippen molar-refractivity contribution >= 4 is 21.6 Å². The van der Waals surface area contributed by atoms with Crippen LogP contribution in [0.15, 0.2) is 36.4 Å². The van der Waals surface area contributed by atoms with E-state index in [1.165, 1.54) is 10.6 Å². The first-order valence-electron chi connectivity index (χ1n) is 9.24. The number of fused-ring (bicyclic) bond motifs is 1. The first-order chi connectivity index (χ1) is 13.7. The number of hydrogen-bond acceptors (Lipinski definition) is 5. The minimum absolute atomic E-state index is 0.131. The summed E-state index contributed by atoms with van der Waals surface area (Å²) < 4.78 is 36.1. The van der Waals surface area contributed by atoms with Crippen LogP contribution < -0.4 is 13.8 Å². The van der Waals surface area contributed by atoms with Crippen molar-refractivity contribution in [2.75, 3.05) is 31.8 Å². The van der Waals surface area contributed by atoms with E-state index in [2.05, 4.69) is 0 Å². The number of benzene rings is 2. The second-order valence-electron chi connectivity index (χ2n) is 7.31. The molecule has 1 aliphatic heterocycles. The zero-order valence-corrected chi connectivity index (χ0v) is 18.1. The molecule has 1 atom stereocenters. The molecule has 0 spiro atoms. The summed E-state index contributed by atoms with van der Waals surface area (Å²) >= 11 is 0. The molecule has 0 N–H and O–H groups in total. The summed E-state index contributed by atoms with van der Waals surface area (Å²) in [4.78, 5) is 14.5. The van der Waals surface area contributed by atoms with Crippen LogP contribution in [0.25, 0.3) is 0 Å². The van der Waals surface area contributed by atoms with Gasteiger partial charge in [-0.3, -0.25) is 9.10 Å². The zero-order valence-electron chi connectivity index (χ0n) is 17.3. The number of anilines is 1. The standard InChI is InChI=1S/C21H26N2O5S/c1-14-10-17-12-16(7-8-18(17)23(14)29(5,25)26)21(24)22(2)13-15-6-9-19(27-3)20(11-15)28-4/h6-9,11-12,14H,10,13H2,1-5H3. The van der Waals surface area contributed by atoms with Crippen LogP contribution in [-0.4, -0.2) is 52.8 Å². The summed E-state index contributed by atoms with van der Waals surface area (Å²) in [5.41, 5.74) is 2.97. The highest BCUT2D eigenvalue weighted by Crippen LogP contribution is 2.35. The average Bonchev–Trinajstić information content (AvgIpc) is 3.02. The molecule has 1 unspecified atom stereocenters. The van der Waals surface area contributed by atoms with Gasteiger partial charge in [0.05, 0.1) is 26.2 Å². The summed E-state index contributed by atoms with van der Waals surface area (Å²) in [7, 11) is 1.53. The van der Waals surface area contributed by atoms with E-state index in [4.69, 9.17) is 9.47 Å². The van der Waals surface area contributed by atoms with Crippen LogP contribution >= 0.6 is 0 Å². The lowest BCUT2D eigenvalue weighted by Crippen LogP contribution is -2.34. The number of carbonyl (C=O) groups excluding carboxylic acids is 1. The van der Waals surface area contributed by atoms with Crippen LogP contribution in [0, 0.1) is 0 Å². The molecule has 7 nitrogen and oxygen atoms in total. The molecule has 0 radical (unpaired) electrons. The van der Waals surface area contributed by atoms with Crippen molar-refractivity contribution in [3.05, 3.63) is 53.1 Å². The maximum absolute atomic E-state index is 12.9. The normalized spacial score (nSPS) is 15.8. The number of methoxy groups -OCH3 is 2. The van der Waals surface area contributed by atoms with Crippen molar-refractivity contribution in [1.82, 2.24) is 4.90 Å². The molecule has 0 saturated carbocycles. The minimum atomic E-state index is -3.35. The molecule has 8 heteroatoms. The van der Waals surface area contributed by atoms with E-state index in [1.807, 2.05) is 25.1 Å². The Morgan fingerprint density at radius 1 is 1.14 bits per heavy atom. The van der Waals surface area contributed by atoms with Gasteiger partial charge >= 0.3 is 0 Å². The van der Waals surface area contributed by atoms with E-state index in [1.54, 1.807) is 44.4 Å². The third-order valence-corrected chi connectivity index (χ3v) is 6.32. The highest BCUT2D eigenvalue weighted by Gasteiger charge is 2.33. The van der Waals surface area contributed by atoms with Crippen LogP contribution in [0.5, 0.6) is 11.5 Å². The molecule has 1 aliphatic rings. The van der Waals surface area contributed by atoms with Gasteiger partial charge in [-0.25, -0.2) is 8.42 Å². The zero-order chi connectivity index (χ0) is 21.3. The molecule has 156 valence electrons. The maximum Gasteiger partial charge on any atom is 0.253 e. The monoisotopic (exact) mass is 418 g/mol. The van der Waals surface area contributed by atoms with Crippen molar-refractivity contribution in [3.63, 3.8) is 0 Å². The fourth-order valence-corrected chi connectivity index (χ4v) is 5.05. The Labute approximate surface area is 171 Å². The highest BCUT2D eigenvalue weighted by atomic mass is 32.2. The quantitative estimate of drug-likeness (QED) is 0.721. The SMILES string of the molecule is COc1ccc(CN(C)C(=O)c2ccc3c(c2)CC(C)N3S(C)(=O)=O)cc1OC. The molecule has 1 amide bonds. The fourth-order valence-electron chi connectivity index (χ4n) is 3.79. The predicted octanol–water partition coefficient (Wildman–Crippen LogP) is 2.69. The Hall–Kier alpha value is -2.74. The van der Waals surface area contributed by atoms with Crippen LogP contribution in [0.1, 0.15) is 28.4 Å². The Kier molecular flexibility index (Phi) is 5.75. The lowest BCUT2D eigenvalue weighted by molar-refractivity contribution is 0.0785. The van der Waals surface area contributed by atoms with Gasteiger partial charge < -0.3 is 14.4 Å². The summed E-state index contributed by atoms with van der Waals surface area (Å²) in [6, 6.07) is 10.6. The number of carbonyl (C=O) groups is 1. The Morgan fingerprint density at radius 2 is 1.83 bits per heavy atom. The second-order valence-corrected chi connectivity index (χ2v) is 9.17. The molecule has 1 heterocycles. The van der Waals surface area contributed by atoms with Gasteiger partial charge in [0.25, 0.3) is 5.91 Å². The largest absolute Gasteiger partial charge is 0.493 e. The van der Waals surface area contributed by atoms with E-state index >= 15 is 0 Å². The van der Waals surface area contributed by atoms with E-state index < -0.39 is 10.0 Å². The number of nitrogens with zero attached hydrogens (tertiary/aromatic N) is 2. The van der Waals surface area contributed by atoms with E-state index in [9.17, 15) is 13.2 Å². The second kappa shape index (κ2) is 7.94. The molecule has 0 aromatic heterocycles. The Bertz CT molecular complexity index is 1040. The van der Waals surface area contributed by atoms with Crippen LogP contribution in [0.2, 0.25) is 0 Å². The number of hydrogen-bond donors (Lipinski definition) is 0. The molecule has 29 heavy (non-hydrogen) atoms. The number of sulfonamides is 1. The van der Waals surface area contributed by atoms with Crippen LogP contribution in [-0.2, 0) is 23.0 Å². The summed E-state index contributed by atoms with van der Waals surface area (Å²) in [6.45, 7) is 2.27. The number of amides is 1. The summed E-state index contributed by atoms with van der Waals surface area (Å²) in [5, 5.41) is 0. The first-order valence-corrected chi connectivity index (χ1v) is 11.1. The van der Waals surface area contributed by atoms with Gasteiger partial charge in [-0.2, -0.15) is 0 Å². The van der Waals surface area contributed by atoms with Crippen molar-refractivity contribution in [2.24, 2.45) is 0 Å². The molecule has 0 saturated heterocycles. The fraction of sp³-hybridized carbons (Fsp3) is 0.381. The van der Waals surface area contributed by atoms with E-state index in [0.29, 0.717) is 35.7 Å². The molecule has 3 rings (SSSR count). The minimum Gasteiger partial charge on any atom is -0.493 e. The number of ether oxygens (including phenoxy) is 2. The lowest BCUT2D eigenvalue weighted by Gasteiger charge is -2.22. The molecule has 0 bridgehead atoms. The summed E-state index contributed by atoms with van der Waals surface area (Å²) in [5.74, 6) is 1.11. The third kappa shape index (κ3) is 4.17. The van der Waals surface area contributed by atoms with E-state index in [0.717, 1.165) is 11.1 Å². The van der Waals surface area contributed by atoms with E-state index in [-0.39, 0.29) is 11.9 Å². The maximum atomic E-state index is 12.9. The van der Waals surface area contributed by atoms with Gasteiger partial charge in [-0.05, 0) is 54.8 Å². The van der Waals surface area contributed by atoms with Gasteiger partial charge in [0.1, 0.15) is 0 Å². The lowest BCUT2D eigenvalue weighted by atomic mass is 10.1. The molecule has 0 aliphatic carbocycles. The summed E-state index contributed by atoms with van der Waals surface area (Å²) in [6.07, 6.45) is 1.79. The smallest absolute Gasteiger partial charge is 0.253 e.